The second kappa shape index (κ2) is 7.11. The third-order valence-corrected chi connectivity index (χ3v) is 3.71. The van der Waals surface area contributed by atoms with Crippen molar-refractivity contribution in [3.8, 4) is 5.75 Å². The van der Waals surface area contributed by atoms with Crippen LogP contribution in [0.15, 0.2) is 24.3 Å². The lowest BCUT2D eigenvalue weighted by Gasteiger charge is -2.16. The van der Waals surface area contributed by atoms with Crippen molar-refractivity contribution in [2.24, 2.45) is 0 Å². The minimum atomic E-state index is -3.30. The highest BCUT2D eigenvalue weighted by Gasteiger charge is 2.11. The molecule has 0 aliphatic rings. The molecule has 0 aliphatic heterocycles. The summed E-state index contributed by atoms with van der Waals surface area (Å²) >= 11 is 0. The Morgan fingerprint density at radius 2 is 1.95 bits per heavy atom. The first kappa shape index (κ1) is 16.3. The summed E-state index contributed by atoms with van der Waals surface area (Å²) in [6.45, 7) is -0.111. The summed E-state index contributed by atoms with van der Waals surface area (Å²) < 4.78 is 29.1. The highest BCUT2D eigenvalue weighted by Crippen LogP contribution is 2.19. The van der Waals surface area contributed by atoms with E-state index in [-0.39, 0.29) is 25.7 Å². The summed E-state index contributed by atoms with van der Waals surface area (Å²) in [6.07, 6.45) is 1.11. The van der Waals surface area contributed by atoms with E-state index in [0.29, 0.717) is 11.4 Å². The fourth-order valence-electron chi connectivity index (χ4n) is 1.34. The molecule has 0 saturated heterocycles. The van der Waals surface area contributed by atoms with Gasteiger partial charge in [-0.25, -0.2) is 8.42 Å². The summed E-state index contributed by atoms with van der Waals surface area (Å²) in [6, 6.07) is 6.33. The normalized spacial score (nSPS) is 10.9. The topological polar surface area (TPSA) is 95.9 Å². The molecule has 1 rings (SSSR count). The van der Waals surface area contributed by atoms with E-state index in [1.807, 2.05) is 0 Å². The van der Waals surface area contributed by atoms with Crippen LogP contribution in [-0.4, -0.2) is 52.5 Å². The second-order valence-electron chi connectivity index (χ2n) is 4.09. The number of carbonyl (C=O) groups excluding carboxylic acids is 1. The Morgan fingerprint density at radius 3 is 2.45 bits per heavy atom. The number of aliphatic hydroxyl groups is 1. The Morgan fingerprint density at radius 1 is 1.35 bits per heavy atom. The molecule has 0 aliphatic carbocycles. The van der Waals surface area contributed by atoms with Crippen LogP contribution in [0.4, 0.5) is 5.69 Å². The number of aliphatic hydroxyl groups excluding tert-OH is 1. The number of hydrogen-bond donors (Lipinski definition) is 2. The van der Waals surface area contributed by atoms with Crippen LogP contribution in [0.1, 0.15) is 0 Å². The Labute approximate surface area is 118 Å². The van der Waals surface area contributed by atoms with E-state index in [0.717, 1.165) is 10.6 Å². The van der Waals surface area contributed by atoms with Gasteiger partial charge in [-0.05, 0) is 24.3 Å². The maximum Gasteiger partial charge on any atom is 0.258 e. The molecule has 20 heavy (non-hydrogen) atoms. The van der Waals surface area contributed by atoms with E-state index < -0.39 is 10.0 Å². The Balaban J connectivity index is 2.57. The molecule has 1 aromatic rings. The summed E-state index contributed by atoms with van der Waals surface area (Å²) in [5.74, 6) is 0.117. The quantitative estimate of drug-likeness (QED) is 0.712. The average Bonchev–Trinajstić information content (AvgIpc) is 2.41. The number of rotatable bonds is 7. The number of carbonyl (C=O) groups is 1. The minimum Gasteiger partial charge on any atom is -0.484 e. The Bertz CT molecular complexity index is 541. The van der Waals surface area contributed by atoms with Gasteiger partial charge in [-0.2, -0.15) is 0 Å². The van der Waals surface area contributed by atoms with Gasteiger partial charge in [0.15, 0.2) is 6.61 Å². The first-order valence-corrected chi connectivity index (χ1v) is 7.73. The molecule has 1 amide bonds. The van der Waals surface area contributed by atoms with Crippen LogP contribution in [0.5, 0.6) is 5.75 Å². The van der Waals surface area contributed by atoms with E-state index in [9.17, 15) is 13.2 Å². The van der Waals surface area contributed by atoms with Crippen LogP contribution in [-0.2, 0) is 14.8 Å². The SMILES string of the molecule is CN(c1ccc(OCC(=O)NCCO)cc1)S(C)(=O)=O. The molecule has 0 spiro atoms. The van der Waals surface area contributed by atoms with Crippen molar-refractivity contribution in [1.82, 2.24) is 5.32 Å². The van der Waals surface area contributed by atoms with Gasteiger partial charge in [-0.3, -0.25) is 9.10 Å². The van der Waals surface area contributed by atoms with Gasteiger partial charge in [0.2, 0.25) is 10.0 Å². The molecule has 0 fully saturated rings. The van der Waals surface area contributed by atoms with Crippen LogP contribution in [0.25, 0.3) is 0 Å². The van der Waals surface area contributed by atoms with Crippen molar-refractivity contribution in [2.45, 2.75) is 0 Å². The van der Waals surface area contributed by atoms with Crippen LogP contribution in [0, 0.1) is 0 Å². The van der Waals surface area contributed by atoms with Crippen LogP contribution in [0.3, 0.4) is 0 Å². The molecule has 8 heteroatoms. The maximum atomic E-state index is 11.4. The summed E-state index contributed by atoms with van der Waals surface area (Å²) in [4.78, 5) is 11.2. The van der Waals surface area contributed by atoms with Crippen molar-refractivity contribution in [1.29, 1.82) is 0 Å². The van der Waals surface area contributed by atoms with E-state index in [4.69, 9.17) is 9.84 Å². The van der Waals surface area contributed by atoms with Crippen molar-refractivity contribution in [3.63, 3.8) is 0 Å². The predicted molar refractivity (Wildman–Crippen MR) is 75.3 cm³/mol. The van der Waals surface area contributed by atoms with Crippen LogP contribution in [0.2, 0.25) is 0 Å². The van der Waals surface area contributed by atoms with Gasteiger partial charge in [0.05, 0.1) is 18.6 Å². The van der Waals surface area contributed by atoms with E-state index in [2.05, 4.69) is 5.32 Å². The van der Waals surface area contributed by atoms with Crippen molar-refractivity contribution in [2.75, 3.05) is 37.4 Å². The zero-order valence-corrected chi connectivity index (χ0v) is 12.2. The summed E-state index contributed by atoms with van der Waals surface area (Å²) in [5.41, 5.74) is 0.504. The number of benzene rings is 1. The van der Waals surface area contributed by atoms with Crippen molar-refractivity contribution in [3.05, 3.63) is 24.3 Å². The van der Waals surface area contributed by atoms with E-state index in [1.165, 1.54) is 7.05 Å². The number of sulfonamides is 1. The van der Waals surface area contributed by atoms with Gasteiger partial charge in [-0.1, -0.05) is 0 Å². The standard InChI is InChI=1S/C12H18N2O5S/c1-14(20(2,17)18)10-3-5-11(6-4-10)19-9-12(16)13-7-8-15/h3-6,15H,7-9H2,1-2H3,(H,13,16). The average molecular weight is 302 g/mol. The smallest absolute Gasteiger partial charge is 0.258 e. The first-order chi connectivity index (χ1) is 9.34. The molecule has 0 saturated carbocycles. The minimum absolute atomic E-state index is 0.127. The molecule has 0 bridgehead atoms. The lowest BCUT2D eigenvalue weighted by Crippen LogP contribution is -2.31. The molecule has 0 radical (unpaired) electrons. The van der Waals surface area contributed by atoms with Crippen LogP contribution >= 0.6 is 0 Å². The number of hydrogen-bond acceptors (Lipinski definition) is 5. The third kappa shape index (κ3) is 5.06. The van der Waals surface area contributed by atoms with Crippen molar-refractivity contribution < 1.29 is 23.1 Å². The highest BCUT2D eigenvalue weighted by molar-refractivity contribution is 7.92. The Kier molecular flexibility index (Phi) is 5.78. The van der Waals surface area contributed by atoms with Gasteiger partial charge in [0, 0.05) is 13.6 Å². The number of nitrogens with one attached hydrogen (secondary N) is 1. The lowest BCUT2D eigenvalue weighted by atomic mass is 10.3. The molecule has 2 N–H and O–H groups in total. The maximum absolute atomic E-state index is 11.4. The van der Waals surface area contributed by atoms with Crippen LogP contribution < -0.4 is 14.4 Å². The number of nitrogens with zero attached hydrogens (tertiary/aromatic N) is 1. The molecule has 0 aromatic heterocycles. The summed E-state index contributed by atoms with van der Waals surface area (Å²) in [7, 11) is -1.85. The fraction of sp³-hybridized carbons (Fsp3) is 0.417. The molecule has 0 unspecified atom stereocenters. The van der Waals surface area contributed by atoms with E-state index in [1.54, 1.807) is 24.3 Å². The molecule has 0 heterocycles. The molecular weight excluding hydrogens is 284 g/mol. The first-order valence-electron chi connectivity index (χ1n) is 5.89. The number of amides is 1. The zero-order chi connectivity index (χ0) is 15.2. The second-order valence-corrected chi connectivity index (χ2v) is 6.10. The fourth-order valence-corrected chi connectivity index (χ4v) is 1.84. The lowest BCUT2D eigenvalue weighted by molar-refractivity contribution is -0.123. The monoisotopic (exact) mass is 302 g/mol. The third-order valence-electron chi connectivity index (χ3n) is 2.50. The molecule has 1 aromatic carbocycles. The molecular formula is C12H18N2O5S. The summed E-state index contributed by atoms with van der Waals surface area (Å²) in [5, 5.41) is 11.0. The number of anilines is 1. The number of ether oxygens (including phenoxy) is 1. The molecule has 0 atom stereocenters. The zero-order valence-electron chi connectivity index (χ0n) is 11.4. The van der Waals surface area contributed by atoms with Crippen molar-refractivity contribution >= 4 is 21.6 Å². The van der Waals surface area contributed by atoms with Gasteiger partial charge in [0.1, 0.15) is 5.75 Å². The largest absolute Gasteiger partial charge is 0.484 e. The van der Waals surface area contributed by atoms with Gasteiger partial charge in [-0.15, -0.1) is 0 Å². The van der Waals surface area contributed by atoms with Gasteiger partial charge < -0.3 is 15.2 Å². The van der Waals surface area contributed by atoms with Gasteiger partial charge in [0.25, 0.3) is 5.91 Å². The van der Waals surface area contributed by atoms with Gasteiger partial charge >= 0.3 is 0 Å². The Hall–Kier alpha value is -1.80. The molecule has 7 nitrogen and oxygen atoms in total. The van der Waals surface area contributed by atoms with E-state index >= 15 is 0 Å². The highest BCUT2D eigenvalue weighted by atomic mass is 32.2. The molecule has 112 valence electrons. The predicted octanol–water partition coefficient (Wildman–Crippen LogP) is -0.430.